The SMILES string of the molecule is Cc1ccc(-n2c(SCc3cccc(C)c3)nnc2[C@H](Cc2ccccc2)NC(=O)Nc2ccc(F)cc2F)cc1. The third-order valence-electron chi connectivity index (χ3n) is 6.48. The summed E-state index contributed by atoms with van der Waals surface area (Å²) in [5.74, 6) is -0.374. The Labute approximate surface area is 241 Å². The van der Waals surface area contributed by atoms with Gasteiger partial charge in [0.1, 0.15) is 11.6 Å². The number of rotatable bonds is 9. The summed E-state index contributed by atoms with van der Waals surface area (Å²) in [4.78, 5) is 13.1. The van der Waals surface area contributed by atoms with E-state index in [1.807, 2.05) is 72.2 Å². The van der Waals surface area contributed by atoms with Crippen LogP contribution < -0.4 is 10.6 Å². The summed E-state index contributed by atoms with van der Waals surface area (Å²) in [7, 11) is 0. The maximum absolute atomic E-state index is 14.3. The number of carbonyl (C=O) groups is 1. The first kappa shape index (κ1) is 28.0. The molecule has 4 aromatic carbocycles. The highest BCUT2D eigenvalue weighted by molar-refractivity contribution is 7.98. The van der Waals surface area contributed by atoms with Crippen LogP contribution in [0.5, 0.6) is 0 Å². The quantitative estimate of drug-likeness (QED) is 0.180. The number of thioether (sulfide) groups is 1. The van der Waals surface area contributed by atoms with Gasteiger partial charge in [-0.2, -0.15) is 0 Å². The summed E-state index contributed by atoms with van der Waals surface area (Å²) in [6.07, 6.45) is 0.409. The topological polar surface area (TPSA) is 71.8 Å². The molecule has 5 aromatic rings. The molecular formula is C32H29F2N5OS. The Morgan fingerprint density at radius 3 is 2.34 bits per heavy atom. The van der Waals surface area contributed by atoms with Gasteiger partial charge < -0.3 is 10.6 Å². The van der Waals surface area contributed by atoms with E-state index in [1.54, 1.807) is 11.8 Å². The van der Waals surface area contributed by atoms with E-state index in [0.29, 0.717) is 23.2 Å². The van der Waals surface area contributed by atoms with Crippen LogP contribution >= 0.6 is 11.8 Å². The van der Waals surface area contributed by atoms with Crippen molar-refractivity contribution in [2.24, 2.45) is 0 Å². The summed E-state index contributed by atoms with van der Waals surface area (Å²) in [5, 5.41) is 15.2. The van der Waals surface area contributed by atoms with Crippen LogP contribution in [-0.2, 0) is 12.2 Å². The number of hydrogen-bond donors (Lipinski definition) is 2. The average molecular weight is 570 g/mol. The highest BCUT2D eigenvalue weighted by atomic mass is 32.2. The maximum atomic E-state index is 14.3. The van der Waals surface area contributed by atoms with E-state index < -0.39 is 23.7 Å². The zero-order valence-corrected chi connectivity index (χ0v) is 23.5. The molecule has 6 nitrogen and oxygen atoms in total. The lowest BCUT2D eigenvalue weighted by atomic mass is 10.1. The molecule has 5 rings (SSSR count). The van der Waals surface area contributed by atoms with Crippen molar-refractivity contribution in [3.8, 4) is 5.69 Å². The van der Waals surface area contributed by atoms with Gasteiger partial charge in [0.25, 0.3) is 0 Å². The number of nitrogens with one attached hydrogen (secondary N) is 2. The number of hydrogen-bond acceptors (Lipinski definition) is 4. The second-order valence-corrected chi connectivity index (χ2v) is 10.7. The Hall–Kier alpha value is -4.50. The zero-order chi connectivity index (χ0) is 28.8. The number of aromatic nitrogens is 3. The fourth-order valence-electron chi connectivity index (χ4n) is 4.45. The number of urea groups is 1. The van der Waals surface area contributed by atoms with Crippen LogP contribution in [0.3, 0.4) is 0 Å². The molecule has 2 N–H and O–H groups in total. The van der Waals surface area contributed by atoms with Gasteiger partial charge in [-0.25, -0.2) is 13.6 Å². The first-order valence-corrected chi connectivity index (χ1v) is 14.1. The summed E-state index contributed by atoms with van der Waals surface area (Å²) < 4.78 is 29.6. The molecule has 1 heterocycles. The molecule has 0 spiro atoms. The fourth-order valence-corrected chi connectivity index (χ4v) is 5.35. The van der Waals surface area contributed by atoms with Crippen LogP contribution in [0.1, 0.15) is 34.1 Å². The molecule has 0 aliphatic heterocycles. The number of nitrogens with zero attached hydrogens (tertiary/aromatic N) is 3. The third kappa shape index (κ3) is 7.18. The zero-order valence-electron chi connectivity index (χ0n) is 22.6. The lowest BCUT2D eigenvalue weighted by Gasteiger charge is -2.21. The number of anilines is 1. The van der Waals surface area contributed by atoms with Gasteiger partial charge in [0.15, 0.2) is 11.0 Å². The van der Waals surface area contributed by atoms with E-state index in [1.165, 1.54) is 11.6 Å². The van der Waals surface area contributed by atoms with E-state index >= 15 is 0 Å². The molecule has 1 atom stereocenters. The first-order chi connectivity index (χ1) is 19.9. The first-order valence-electron chi connectivity index (χ1n) is 13.1. The van der Waals surface area contributed by atoms with Crippen LogP contribution in [0.4, 0.5) is 19.3 Å². The number of benzene rings is 4. The monoisotopic (exact) mass is 569 g/mol. The van der Waals surface area contributed by atoms with Gasteiger partial charge in [-0.1, -0.05) is 89.6 Å². The Morgan fingerprint density at radius 2 is 1.61 bits per heavy atom. The van der Waals surface area contributed by atoms with Gasteiger partial charge in [-0.3, -0.25) is 4.57 Å². The van der Waals surface area contributed by atoms with Crippen LogP contribution in [0, 0.1) is 25.5 Å². The van der Waals surface area contributed by atoms with Gasteiger partial charge in [0, 0.05) is 23.9 Å². The molecule has 2 amide bonds. The molecule has 0 fully saturated rings. The smallest absolute Gasteiger partial charge is 0.319 e. The Morgan fingerprint density at radius 1 is 0.854 bits per heavy atom. The Kier molecular flexibility index (Phi) is 8.74. The number of halogens is 2. The number of aryl methyl sites for hydroxylation is 2. The second-order valence-electron chi connectivity index (χ2n) is 9.75. The lowest BCUT2D eigenvalue weighted by molar-refractivity contribution is 0.247. The molecule has 0 radical (unpaired) electrons. The van der Waals surface area contributed by atoms with E-state index in [4.69, 9.17) is 0 Å². The van der Waals surface area contributed by atoms with E-state index in [-0.39, 0.29) is 5.69 Å². The van der Waals surface area contributed by atoms with Gasteiger partial charge in [0.05, 0.1) is 11.7 Å². The van der Waals surface area contributed by atoms with Crippen LogP contribution in [0.2, 0.25) is 0 Å². The summed E-state index contributed by atoms with van der Waals surface area (Å²) in [6, 6.07) is 27.7. The Balaban J connectivity index is 1.50. The van der Waals surface area contributed by atoms with Gasteiger partial charge >= 0.3 is 6.03 Å². The molecule has 0 saturated heterocycles. The van der Waals surface area contributed by atoms with Crippen LogP contribution in [-0.4, -0.2) is 20.8 Å². The highest BCUT2D eigenvalue weighted by Gasteiger charge is 2.25. The van der Waals surface area contributed by atoms with Crippen LogP contribution in [0.25, 0.3) is 5.69 Å². The molecule has 0 saturated carbocycles. The summed E-state index contributed by atoms with van der Waals surface area (Å²) in [6.45, 7) is 4.08. The normalized spacial score (nSPS) is 11.7. The maximum Gasteiger partial charge on any atom is 0.319 e. The van der Waals surface area contributed by atoms with Crippen molar-refractivity contribution in [2.45, 2.75) is 37.2 Å². The van der Waals surface area contributed by atoms with E-state index in [2.05, 4.69) is 46.0 Å². The van der Waals surface area contributed by atoms with Crippen molar-refractivity contribution in [1.82, 2.24) is 20.1 Å². The van der Waals surface area contributed by atoms with Crippen molar-refractivity contribution in [3.05, 3.63) is 137 Å². The van der Waals surface area contributed by atoms with Crippen LogP contribution in [0.15, 0.2) is 102 Å². The molecule has 1 aromatic heterocycles. The molecule has 41 heavy (non-hydrogen) atoms. The number of carbonyl (C=O) groups excluding carboxylic acids is 1. The second kappa shape index (κ2) is 12.8. The Bertz CT molecular complexity index is 1640. The predicted molar refractivity (Wildman–Crippen MR) is 158 cm³/mol. The lowest BCUT2D eigenvalue weighted by Crippen LogP contribution is -2.35. The molecule has 0 unspecified atom stereocenters. The minimum atomic E-state index is -0.864. The minimum absolute atomic E-state index is 0.128. The molecule has 208 valence electrons. The average Bonchev–Trinajstić information content (AvgIpc) is 3.38. The highest BCUT2D eigenvalue weighted by Crippen LogP contribution is 2.29. The van der Waals surface area contributed by atoms with Gasteiger partial charge in [-0.05, 0) is 49.2 Å². The van der Waals surface area contributed by atoms with Gasteiger partial charge in [-0.15, -0.1) is 10.2 Å². The van der Waals surface area contributed by atoms with E-state index in [9.17, 15) is 13.6 Å². The molecule has 0 bridgehead atoms. The standard InChI is InChI=1S/C32H29F2N5OS/c1-21-11-14-26(15-12-21)39-30(37-38-32(39)41-20-24-10-6-7-22(2)17-24)29(18-23-8-4-3-5-9-23)36-31(40)35-28-16-13-25(33)19-27(28)34/h3-17,19,29H,18,20H2,1-2H3,(H2,35,36,40)/t29-/m0/s1. The molecule has 0 aliphatic carbocycles. The van der Waals surface area contributed by atoms with E-state index in [0.717, 1.165) is 34.5 Å². The fraction of sp³-hybridized carbons (Fsp3) is 0.156. The van der Waals surface area contributed by atoms with Crippen molar-refractivity contribution < 1.29 is 13.6 Å². The molecular weight excluding hydrogens is 540 g/mol. The molecule has 9 heteroatoms. The summed E-state index contributed by atoms with van der Waals surface area (Å²) >= 11 is 1.55. The summed E-state index contributed by atoms with van der Waals surface area (Å²) in [5.41, 5.74) is 5.15. The van der Waals surface area contributed by atoms with Crippen molar-refractivity contribution in [2.75, 3.05) is 5.32 Å². The number of amides is 2. The third-order valence-corrected chi connectivity index (χ3v) is 7.48. The largest absolute Gasteiger partial charge is 0.327 e. The van der Waals surface area contributed by atoms with Gasteiger partial charge in [0.2, 0.25) is 0 Å². The molecule has 0 aliphatic rings. The predicted octanol–water partition coefficient (Wildman–Crippen LogP) is 7.56. The minimum Gasteiger partial charge on any atom is -0.327 e. The van der Waals surface area contributed by atoms with Crippen molar-refractivity contribution in [3.63, 3.8) is 0 Å². The van der Waals surface area contributed by atoms with Crippen molar-refractivity contribution in [1.29, 1.82) is 0 Å². The van der Waals surface area contributed by atoms with Crippen molar-refractivity contribution >= 4 is 23.5 Å².